The van der Waals surface area contributed by atoms with Gasteiger partial charge in [-0.2, -0.15) is 0 Å². The van der Waals surface area contributed by atoms with Crippen molar-refractivity contribution in [1.82, 2.24) is 4.57 Å². The first-order valence-corrected chi connectivity index (χ1v) is 12.1. The smallest absolute Gasteiger partial charge is 0.338 e. The molecule has 0 saturated heterocycles. The number of fused-ring (bicyclic) bond motifs is 1. The van der Waals surface area contributed by atoms with Gasteiger partial charge >= 0.3 is 5.97 Å². The first kappa shape index (κ1) is 23.5. The highest BCUT2D eigenvalue weighted by Gasteiger charge is 2.33. The molecule has 4 rings (SSSR count). The lowest BCUT2D eigenvalue weighted by atomic mass is 9.96. The number of benzene rings is 1. The molecular formula is C23H21BrClN3O4S. The maximum atomic E-state index is 13.5. The summed E-state index contributed by atoms with van der Waals surface area (Å²) in [4.78, 5) is 33.3. The third-order valence-electron chi connectivity index (χ3n) is 5.07. The second-order valence-corrected chi connectivity index (χ2v) is 9.85. The number of carbonyl (C=O) groups is 1. The number of furan rings is 1. The maximum absolute atomic E-state index is 13.5. The normalized spacial score (nSPS) is 15.9. The maximum Gasteiger partial charge on any atom is 0.338 e. The summed E-state index contributed by atoms with van der Waals surface area (Å²) in [6, 6.07) is 8.19. The Kier molecular flexibility index (Phi) is 6.65. The molecule has 1 unspecified atom stereocenters. The Labute approximate surface area is 207 Å². The van der Waals surface area contributed by atoms with Crippen molar-refractivity contribution in [1.29, 1.82) is 0 Å². The Morgan fingerprint density at radius 1 is 1.36 bits per heavy atom. The molecule has 0 radical (unpaired) electrons. The van der Waals surface area contributed by atoms with Crippen molar-refractivity contribution >= 4 is 56.8 Å². The number of anilines is 1. The molecule has 0 amide bonds. The minimum atomic E-state index is -0.680. The van der Waals surface area contributed by atoms with Crippen molar-refractivity contribution < 1.29 is 13.9 Å². The van der Waals surface area contributed by atoms with Crippen molar-refractivity contribution in [3.05, 3.63) is 82.1 Å². The SMILES string of the molecule is CCOC(=O)C1=C(C)N=c2s/c(=C/c3cc(Br)c(N(C)C)o3)c(=O)n2C1c1ccc(Cl)cc1. The highest BCUT2D eigenvalue weighted by Crippen LogP contribution is 2.32. The molecule has 10 heteroatoms. The Hall–Kier alpha value is -2.62. The molecular weight excluding hydrogens is 530 g/mol. The van der Waals surface area contributed by atoms with Crippen LogP contribution in [0.3, 0.4) is 0 Å². The average Bonchev–Trinajstić information content (AvgIpc) is 3.27. The number of thiazole rings is 1. The van der Waals surface area contributed by atoms with Crippen LogP contribution < -0.4 is 19.8 Å². The van der Waals surface area contributed by atoms with Gasteiger partial charge in [-0.3, -0.25) is 9.36 Å². The number of nitrogens with zero attached hydrogens (tertiary/aromatic N) is 3. The van der Waals surface area contributed by atoms with Crippen LogP contribution in [0.5, 0.6) is 0 Å². The summed E-state index contributed by atoms with van der Waals surface area (Å²) >= 11 is 10.8. The molecule has 1 aliphatic heterocycles. The number of ether oxygens (including phenoxy) is 1. The van der Waals surface area contributed by atoms with E-state index in [1.165, 1.54) is 15.9 Å². The van der Waals surface area contributed by atoms with Gasteiger partial charge in [0.05, 0.1) is 32.9 Å². The zero-order chi connectivity index (χ0) is 23.9. The molecule has 1 aromatic carbocycles. The van der Waals surface area contributed by atoms with Gasteiger partial charge in [0.2, 0.25) is 5.88 Å². The van der Waals surface area contributed by atoms with E-state index in [9.17, 15) is 9.59 Å². The minimum Gasteiger partial charge on any atom is -0.463 e. The van der Waals surface area contributed by atoms with Gasteiger partial charge in [-0.15, -0.1) is 0 Å². The standard InChI is InChI=1S/C23H21BrClN3O4S/c1-5-31-22(30)18-12(2)26-23-28(19(18)13-6-8-14(25)9-7-13)20(29)17(33-23)11-15-10-16(24)21(32-15)27(3)4/h6-11,19H,5H2,1-4H3/b17-11+. The van der Waals surface area contributed by atoms with Gasteiger partial charge in [0.15, 0.2) is 4.80 Å². The molecule has 3 aromatic rings. The van der Waals surface area contributed by atoms with Gasteiger partial charge in [0.25, 0.3) is 5.56 Å². The van der Waals surface area contributed by atoms with E-state index in [-0.39, 0.29) is 12.2 Å². The molecule has 1 aliphatic rings. The molecule has 7 nitrogen and oxygen atoms in total. The fraction of sp³-hybridized carbons (Fsp3) is 0.261. The number of esters is 1. The van der Waals surface area contributed by atoms with Gasteiger partial charge in [-0.05, 0) is 47.5 Å². The lowest BCUT2D eigenvalue weighted by molar-refractivity contribution is -0.139. The lowest BCUT2D eigenvalue weighted by Gasteiger charge is -2.24. The molecule has 0 fully saturated rings. The fourth-order valence-electron chi connectivity index (χ4n) is 3.63. The number of rotatable bonds is 5. The van der Waals surface area contributed by atoms with Crippen LogP contribution in [0.25, 0.3) is 6.08 Å². The summed E-state index contributed by atoms with van der Waals surface area (Å²) in [6.45, 7) is 3.71. The van der Waals surface area contributed by atoms with E-state index in [1.807, 2.05) is 19.0 Å². The molecule has 3 heterocycles. The quantitative estimate of drug-likeness (QED) is 0.451. The number of halogens is 2. The van der Waals surface area contributed by atoms with Crippen molar-refractivity contribution in [2.24, 2.45) is 4.99 Å². The molecule has 0 spiro atoms. The second kappa shape index (κ2) is 9.32. The summed E-state index contributed by atoms with van der Waals surface area (Å²) in [6.07, 6.45) is 1.68. The van der Waals surface area contributed by atoms with Crippen molar-refractivity contribution in [2.75, 3.05) is 25.6 Å². The van der Waals surface area contributed by atoms with Crippen molar-refractivity contribution in [2.45, 2.75) is 19.9 Å². The van der Waals surface area contributed by atoms with E-state index in [0.29, 0.717) is 37.3 Å². The molecule has 2 aromatic heterocycles. The second-order valence-electron chi connectivity index (χ2n) is 7.55. The highest BCUT2D eigenvalue weighted by atomic mass is 79.9. The third-order valence-corrected chi connectivity index (χ3v) is 6.87. The van der Waals surface area contributed by atoms with Gasteiger partial charge in [0.1, 0.15) is 5.76 Å². The van der Waals surface area contributed by atoms with E-state index < -0.39 is 12.0 Å². The van der Waals surface area contributed by atoms with Crippen LogP contribution in [0.1, 0.15) is 31.2 Å². The molecule has 33 heavy (non-hydrogen) atoms. The van der Waals surface area contributed by atoms with E-state index in [0.717, 1.165) is 10.0 Å². The Bertz CT molecular complexity index is 1430. The number of hydrogen-bond acceptors (Lipinski definition) is 7. The Morgan fingerprint density at radius 3 is 2.67 bits per heavy atom. The number of hydrogen-bond donors (Lipinski definition) is 0. The summed E-state index contributed by atoms with van der Waals surface area (Å²) in [5.41, 5.74) is 1.30. The van der Waals surface area contributed by atoms with Crippen LogP contribution in [0.4, 0.5) is 5.88 Å². The summed E-state index contributed by atoms with van der Waals surface area (Å²) in [5, 5.41) is 0.560. The van der Waals surface area contributed by atoms with Gasteiger partial charge in [0, 0.05) is 31.3 Å². The van der Waals surface area contributed by atoms with Crippen LogP contribution in [0.2, 0.25) is 5.02 Å². The summed E-state index contributed by atoms with van der Waals surface area (Å²) < 4.78 is 13.9. The third kappa shape index (κ3) is 4.45. The largest absolute Gasteiger partial charge is 0.463 e. The van der Waals surface area contributed by atoms with Gasteiger partial charge in [-0.1, -0.05) is 35.1 Å². The van der Waals surface area contributed by atoms with Crippen LogP contribution in [0, 0.1) is 0 Å². The fourth-order valence-corrected chi connectivity index (χ4v) is 5.45. The molecule has 0 N–H and O–H groups in total. The van der Waals surface area contributed by atoms with Crippen molar-refractivity contribution in [3.8, 4) is 0 Å². The Morgan fingerprint density at radius 2 is 2.06 bits per heavy atom. The van der Waals surface area contributed by atoms with Crippen LogP contribution in [-0.4, -0.2) is 31.2 Å². The highest BCUT2D eigenvalue weighted by molar-refractivity contribution is 9.10. The predicted octanol–water partition coefficient (Wildman–Crippen LogP) is 3.87. The number of carbonyl (C=O) groups excluding carboxylic acids is 1. The Balaban J connectivity index is 1.93. The average molecular weight is 551 g/mol. The number of allylic oxidation sites excluding steroid dienone is 1. The molecule has 172 valence electrons. The zero-order valence-electron chi connectivity index (χ0n) is 18.4. The van der Waals surface area contributed by atoms with E-state index in [2.05, 4.69) is 20.9 Å². The first-order valence-electron chi connectivity index (χ1n) is 10.1. The van der Waals surface area contributed by atoms with E-state index >= 15 is 0 Å². The van der Waals surface area contributed by atoms with E-state index in [1.54, 1.807) is 50.3 Å². The van der Waals surface area contributed by atoms with Crippen LogP contribution in [0.15, 0.2) is 60.3 Å². The monoisotopic (exact) mass is 549 g/mol. The minimum absolute atomic E-state index is 0.217. The summed E-state index contributed by atoms with van der Waals surface area (Å²) in [7, 11) is 3.74. The number of aromatic nitrogens is 1. The predicted molar refractivity (Wildman–Crippen MR) is 133 cm³/mol. The molecule has 1 atom stereocenters. The molecule has 0 bridgehead atoms. The molecule has 0 saturated carbocycles. The topological polar surface area (TPSA) is 77.0 Å². The van der Waals surface area contributed by atoms with Crippen LogP contribution >= 0.6 is 38.9 Å². The van der Waals surface area contributed by atoms with Crippen LogP contribution in [-0.2, 0) is 9.53 Å². The van der Waals surface area contributed by atoms with E-state index in [4.69, 9.17) is 20.8 Å². The van der Waals surface area contributed by atoms with Gasteiger partial charge < -0.3 is 14.1 Å². The van der Waals surface area contributed by atoms with Gasteiger partial charge in [-0.25, -0.2) is 9.79 Å². The van der Waals surface area contributed by atoms with Crippen molar-refractivity contribution in [3.63, 3.8) is 0 Å². The summed E-state index contributed by atoms with van der Waals surface area (Å²) in [5.74, 6) is 0.673. The first-order chi connectivity index (χ1) is 15.7. The zero-order valence-corrected chi connectivity index (χ0v) is 21.5. The molecule has 0 aliphatic carbocycles. The lowest BCUT2D eigenvalue weighted by Crippen LogP contribution is -2.39.